The molecule has 0 atom stereocenters. The molecule has 0 fully saturated rings. The molecule has 96 valence electrons. The Morgan fingerprint density at radius 1 is 1.28 bits per heavy atom. The normalized spacial score (nSPS) is 11.2. The molecule has 0 aliphatic carbocycles. The van der Waals surface area contributed by atoms with Gasteiger partial charge in [0.05, 0.1) is 11.4 Å². The standard InChI is InChI=1S/C14H16BrFN2/c1-10(2)9-18-14(7-13(8-15)17-18)11-3-5-12(16)6-4-11/h3-7,10H,8-9H2,1-2H3. The highest BCUT2D eigenvalue weighted by Gasteiger charge is 2.10. The molecule has 18 heavy (non-hydrogen) atoms. The van der Waals surface area contributed by atoms with Crippen LogP contribution in [0.3, 0.4) is 0 Å². The lowest BCUT2D eigenvalue weighted by Crippen LogP contribution is -2.07. The van der Waals surface area contributed by atoms with Gasteiger partial charge in [-0.05, 0) is 41.8 Å². The van der Waals surface area contributed by atoms with Crippen LogP contribution in [0.25, 0.3) is 11.3 Å². The number of halogens is 2. The number of hydrogen-bond donors (Lipinski definition) is 0. The molecule has 2 rings (SSSR count). The molecular formula is C14H16BrFN2. The van der Waals surface area contributed by atoms with Gasteiger partial charge in [-0.3, -0.25) is 4.68 Å². The van der Waals surface area contributed by atoms with Crippen LogP contribution in [0.1, 0.15) is 19.5 Å². The van der Waals surface area contributed by atoms with Crippen molar-refractivity contribution in [3.63, 3.8) is 0 Å². The summed E-state index contributed by atoms with van der Waals surface area (Å²) in [7, 11) is 0. The van der Waals surface area contributed by atoms with Gasteiger partial charge in [-0.1, -0.05) is 29.8 Å². The third kappa shape index (κ3) is 2.99. The van der Waals surface area contributed by atoms with Crippen LogP contribution in [0.2, 0.25) is 0 Å². The van der Waals surface area contributed by atoms with Crippen molar-refractivity contribution in [1.29, 1.82) is 0 Å². The minimum Gasteiger partial charge on any atom is -0.264 e. The fraction of sp³-hybridized carbons (Fsp3) is 0.357. The maximum Gasteiger partial charge on any atom is 0.123 e. The van der Waals surface area contributed by atoms with Gasteiger partial charge in [0, 0.05) is 11.9 Å². The van der Waals surface area contributed by atoms with Gasteiger partial charge in [-0.15, -0.1) is 0 Å². The summed E-state index contributed by atoms with van der Waals surface area (Å²) in [6.07, 6.45) is 0. The molecule has 0 spiro atoms. The minimum absolute atomic E-state index is 0.214. The Balaban J connectivity index is 2.41. The number of benzene rings is 1. The van der Waals surface area contributed by atoms with Gasteiger partial charge in [0.15, 0.2) is 0 Å². The van der Waals surface area contributed by atoms with Crippen molar-refractivity contribution < 1.29 is 4.39 Å². The average molecular weight is 311 g/mol. The van der Waals surface area contributed by atoms with Crippen molar-refractivity contribution >= 4 is 15.9 Å². The third-order valence-corrected chi connectivity index (χ3v) is 3.22. The molecule has 0 bridgehead atoms. The molecule has 0 saturated heterocycles. The summed E-state index contributed by atoms with van der Waals surface area (Å²) >= 11 is 3.42. The van der Waals surface area contributed by atoms with Gasteiger partial charge in [0.2, 0.25) is 0 Å². The van der Waals surface area contributed by atoms with Crippen LogP contribution in [0.4, 0.5) is 4.39 Å². The van der Waals surface area contributed by atoms with E-state index in [1.165, 1.54) is 12.1 Å². The molecule has 0 unspecified atom stereocenters. The van der Waals surface area contributed by atoms with E-state index in [0.29, 0.717) is 5.92 Å². The van der Waals surface area contributed by atoms with Gasteiger partial charge in [0.1, 0.15) is 5.82 Å². The number of alkyl halides is 1. The molecule has 0 aliphatic heterocycles. The second-order valence-corrected chi connectivity index (χ2v) is 5.30. The largest absolute Gasteiger partial charge is 0.264 e. The molecule has 1 heterocycles. The second-order valence-electron chi connectivity index (χ2n) is 4.74. The Kier molecular flexibility index (Phi) is 4.17. The van der Waals surface area contributed by atoms with E-state index in [4.69, 9.17) is 0 Å². The summed E-state index contributed by atoms with van der Waals surface area (Å²) in [6.45, 7) is 5.17. The zero-order chi connectivity index (χ0) is 13.1. The summed E-state index contributed by atoms with van der Waals surface area (Å²) in [5.74, 6) is 0.307. The second kappa shape index (κ2) is 5.65. The van der Waals surface area contributed by atoms with Gasteiger partial charge < -0.3 is 0 Å². The van der Waals surface area contributed by atoms with Gasteiger partial charge in [-0.2, -0.15) is 5.10 Å². The monoisotopic (exact) mass is 310 g/mol. The summed E-state index contributed by atoms with van der Waals surface area (Å²) < 4.78 is 14.9. The Labute approximate surface area is 115 Å². The highest BCUT2D eigenvalue weighted by Crippen LogP contribution is 2.23. The van der Waals surface area contributed by atoms with E-state index < -0.39 is 0 Å². The van der Waals surface area contributed by atoms with Gasteiger partial charge >= 0.3 is 0 Å². The highest BCUT2D eigenvalue weighted by atomic mass is 79.9. The summed E-state index contributed by atoms with van der Waals surface area (Å²) in [5, 5.41) is 5.27. The third-order valence-electron chi connectivity index (χ3n) is 2.65. The van der Waals surface area contributed by atoms with E-state index in [1.54, 1.807) is 12.1 Å². The molecule has 0 amide bonds. The molecule has 4 heteroatoms. The Morgan fingerprint density at radius 2 is 1.94 bits per heavy atom. The van der Waals surface area contributed by atoms with Crippen molar-refractivity contribution in [2.75, 3.05) is 0 Å². The quantitative estimate of drug-likeness (QED) is 0.772. The Bertz CT molecular complexity index is 517. The molecule has 1 aromatic heterocycles. The summed E-state index contributed by atoms with van der Waals surface area (Å²) in [6, 6.07) is 8.60. The van der Waals surface area contributed by atoms with Crippen LogP contribution in [0.15, 0.2) is 30.3 Å². The predicted octanol–water partition coefficient (Wildman–Crippen LogP) is 4.24. The van der Waals surface area contributed by atoms with Crippen LogP contribution >= 0.6 is 15.9 Å². The minimum atomic E-state index is -0.214. The SMILES string of the molecule is CC(C)Cn1nc(CBr)cc1-c1ccc(F)cc1. The van der Waals surface area contributed by atoms with E-state index in [0.717, 1.165) is 28.8 Å². The molecular weight excluding hydrogens is 295 g/mol. The zero-order valence-electron chi connectivity index (χ0n) is 10.5. The van der Waals surface area contributed by atoms with E-state index in [-0.39, 0.29) is 5.82 Å². The lowest BCUT2D eigenvalue weighted by atomic mass is 10.1. The Morgan fingerprint density at radius 3 is 2.50 bits per heavy atom. The van der Waals surface area contributed by atoms with Crippen molar-refractivity contribution in [3.8, 4) is 11.3 Å². The number of rotatable bonds is 4. The van der Waals surface area contributed by atoms with Crippen molar-refractivity contribution in [1.82, 2.24) is 9.78 Å². The topological polar surface area (TPSA) is 17.8 Å². The predicted molar refractivity (Wildman–Crippen MR) is 75.1 cm³/mol. The lowest BCUT2D eigenvalue weighted by Gasteiger charge is -2.09. The molecule has 2 aromatic rings. The number of nitrogens with zero attached hydrogens (tertiary/aromatic N) is 2. The van der Waals surface area contributed by atoms with Crippen molar-refractivity contribution in [3.05, 3.63) is 41.8 Å². The number of aromatic nitrogens is 2. The summed E-state index contributed by atoms with van der Waals surface area (Å²) in [4.78, 5) is 0. The van der Waals surface area contributed by atoms with E-state index in [1.807, 2.05) is 10.7 Å². The fourth-order valence-electron chi connectivity index (χ4n) is 1.87. The van der Waals surface area contributed by atoms with Crippen molar-refractivity contribution in [2.24, 2.45) is 5.92 Å². The van der Waals surface area contributed by atoms with Gasteiger partial charge in [0.25, 0.3) is 0 Å². The fourth-order valence-corrected chi connectivity index (χ4v) is 2.15. The first kappa shape index (κ1) is 13.3. The molecule has 1 aromatic carbocycles. The molecule has 0 N–H and O–H groups in total. The highest BCUT2D eigenvalue weighted by molar-refractivity contribution is 9.08. The average Bonchev–Trinajstić information content (AvgIpc) is 2.72. The van der Waals surface area contributed by atoms with Crippen LogP contribution in [-0.2, 0) is 11.9 Å². The first-order valence-corrected chi connectivity index (χ1v) is 7.11. The first-order chi connectivity index (χ1) is 8.60. The maximum absolute atomic E-state index is 13.0. The van der Waals surface area contributed by atoms with Gasteiger partial charge in [-0.25, -0.2) is 4.39 Å². The lowest BCUT2D eigenvalue weighted by molar-refractivity contribution is 0.485. The van der Waals surface area contributed by atoms with Crippen LogP contribution < -0.4 is 0 Å². The zero-order valence-corrected chi connectivity index (χ0v) is 12.1. The van der Waals surface area contributed by atoms with E-state index in [9.17, 15) is 4.39 Å². The molecule has 0 radical (unpaired) electrons. The Hall–Kier alpha value is -1.16. The summed E-state index contributed by atoms with van der Waals surface area (Å²) in [5.41, 5.74) is 3.03. The van der Waals surface area contributed by atoms with Crippen LogP contribution in [0, 0.1) is 11.7 Å². The molecule has 2 nitrogen and oxygen atoms in total. The van der Waals surface area contributed by atoms with E-state index in [2.05, 4.69) is 34.9 Å². The smallest absolute Gasteiger partial charge is 0.123 e. The maximum atomic E-state index is 13.0. The molecule has 0 aliphatic rings. The van der Waals surface area contributed by atoms with E-state index >= 15 is 0 Å². The van der Waals surface area contributed by atoms with Crippen LogP contribution in [-0.4, -0.2) is 9.78 Å². The van der Waals surface area contributed by atoms with Crippen molar-refractivity contribution in [2.45, 2.75) is 25.7 Å². The molecule has 0 saturated carbocycles. The first-order valence-electron chi connectivity index (χ1n) is 5.98. The van der Waals surface area contributed by atoms with Crippen LogP contribution in [0.5, 0.6) is 0 Å². The number of hydrogen-bond acceptors (Lipinski definition) is 1.